The Bertz CT molecular complexity index is 482. The van der Waals surface area contributed by atoms with E-state index in [1.807, 2.05) is 12.1 Å². The maximum atomic E-state index is 5.57. The van der Waals surface area contributed by atoms with Gasteiger partial charge in [0.05, 0.1) is 25.5 Å². The van der Waals surface area contributed by atoms with Crippen molar-refractivity contribution in [3.8, 4) is 5.88 Å². The van der Waals surface area contributed by atoms with E-state index in [0.29, 0.717) is 11.6 Å². The van der Waals surface area contributed by atoms with Gasteiger partial charge in [0.25, 0.3) is 0 Å². The van der Waals surface area contributed by atoms with Gasteiger partial charge in [-0.15, -0.1) is 0 Å². The van der Waals surface area contributed by atoms with Crippen LogP contribution in [0.15, 0.2) is 30.6 Å². The fourth-order valence-corrected chi connectivity index (χ4v) is 1.43. The van der Waals surface area contributed by atoms with Gasteiger partial charge in [0.15, 0.2) is 0 Å². The van der Waals surface area contributed by atoms with E-state index in [1.54, 1.807) is 30.3 Å². The summed E-state index contributed by atoms with van der Waals surface area (Å²) < 4.78 is 6.82. The van der Waals surface area contributed by atoms with Crippen LogP contribution in [-0.2, 0) is 6.54 Å². The van der Waals surface area contributed by atoms with Gasteiger partial charge >= 0.3 is 0 Å². The number of anilines is 2. The van der Waals surface area contributed by atoms with E-state index < -0.39 is 0 Å². The number of rotatable bonds is 5. The Kier molecular flexibility index (Phi) is 3.44. The Labute approximate surface area is 99.4 Å². The van der Waals surface area contributed by atoms with Crippen molar-refractivity contribution in [1.82, 2.24) is 14.8 Å². The topological polar surface area (TPSA) is 78.0 Å². The zero-order chi connectivity index (χ0) is 12.1. The lowest BCUT2D eigenvalue weighted by Crippen LogP contribution is -2.11. The quantitative estimate of drug-likeness (QED) is 0.805. The first kappa shape index (κ1) is 11.3. The Morgan fingerprint density at radius 3 is 3.06 bits per heavy atom. The molecule has 3 N–H and O–H groups in total. The van der Waals surface area contributed by atoms with Gasteiger partial charge in [-0.25, -0.2) is 0 Å². The van der Waals surface area contributed by atoms with Crippen LogP contribution in [-0.4, -0.2) is 28.4 Å². The van der Waals surface area contributed by atoms with E-state index in [0.717, 1.165) is 18.9 Å². The first-order valence-corrected chi connectivity index (χ1v) is 5.31. The highest BCUT2D eigenvalue weighted by molar-refractivity contribution is 5.37. The van der Waals surface area contributed by atoms with Gasteiger partial charge in [-0.2, -0.15) is 10.1 Å². The van der Waals surface area contributed by atoms with Crippen molar-refractivity contribution in [2.75, 3.05) is 24.7 Å². The molecule has 0 aromatic carbocycles. The van der Waals surface area contributed by atoms with Gasteiger partial charge in [-0.05, 0) is 6.07 Å². The number of hydrogen-bond donors (Lipinski definition) is 2. The second-order valence-corrected chi connectivity index (χ2v) is 3.53. The molecule has 0 spiro atoms. The minimum Gasteiger partial charge on any atom is -0.481 e. The van der Waals surface area contributed by atoms with Gasteiger partial charge in [-0.1, -0.05) is 6.07 Å². The van der Waals surface area contributed by atoms with Crippen LogP contribution in [0.5, 0.6) is 5.88 Å². The van der Waals surface area contributed by atoms with Crippen molar-refractivity contribution >= 4 is 11.5 Å². The fourth-order valence-electron chi connectivity index (χ4n) is 1.43. The summed E-state index contributed by atoms with van der Waals surface area (Å²) in [5.74, 6) is 1.38. The third-order valence-corrected chi connectivity index (χ3v) is 2.23. The van der Waals surface area contributed by atoms with Crippen LogP contribution in [0.1, 0.15) is 0 Å². The van der Waals surface area contributed by atoms with E-state index in [-0.39, 0.29) is 0 Å². The van der Waals surface area contributed by atoms with Crippen molar-refractivity contribution in [3.63, 3.8) is 0 Å². The van der Waals surface area contributed by atoms with Crippen LogP contribution in [0.3, 0.4) is 0 Å². The molecule has 0 aliphatic rings. The highest BCUT2D eigenvalue weighted by atomic mass is 16.5. The lowest BCUT2D eigenvalue weighted by Gasteiger charge is -2.06. The minimum absolute atomic E-state index is 0.596. The van der Waals surface area contributed by atoms with Crippen molar-refractivity contribution in [3.05, 3.63) is 30.6 Å². The zero-order valence-electron chi connectivity index (χ0n) is 9.63. The summed E-state index contributed by atoms with van der Waals surface area (Å²) in [7, 11) is 1.60. The molecule has 90 valence electrons. The van der Waals surface area contributed by atoms with Crippen molar-refractivity contribution in [2.45, 2.75) is 6.54 Å². The largest absolute Gasteiger partial charge is 0.481 e. The number of pyridine rings is 1. The lowest BCUT2D eigenvalue weighted by molar-refractivity contribution is 0.398. The molecule has 0 radical (unpaired) electrons. The Morgan fingerprint density at radius 1 is 1.47 bits per heavy atom. The summed E-state index contributed by atoms with van der Waals surface area (Å²) in [5, 5.41) is 7.27. The number of ether oxygens (including phenoxy) is 1. The second-order valence-electron chi connectivity index (χ2n) is 3.53. The summed E-state index contributed by atoms with van der Waals surface area (Å²) >= 11 is 0. The molecule has 17 heavy (non-hydrogen) atoms. The van der Waals surface area contributed by atoms with E-state index in [1.165, 1.54) is 0 Å². The molecule has 2 aromatic rings. The monoisotopic (exact) mass is 233 g/mol. The van der Waals surface area contributed by atoms with Gasteiger partial charge < -0.3 is 15.8 Å². The maximum absolute atomic E-state index is 5.57. The van der Waals surface area contributed by atoms with Gasteiger partial charge in [-0.3, -0.25) is 4.68 Å². The number of methoxy groups -OCH3 is 1. The maximum Gasteiger partial charge on any atom is 0.214 e. The molecule has 0 amide bonds. The van der Waals surface area contributed by atoms with Crippen LogP contribution in [0.25, 0.3) is 0 Å². The summed E-state index contributed by atoms with van der Waals surface area (Å²) in [5.41, 5.74) is 6.24. The Morgan fingerprint density at radius 2 is 2.35 bits per heavy atom. The Balaban J connectivity index is 1.85. The standard InChI is InChI=1S/C11H15N5O/c1-17-11-4-2-3-10(15-11)13-5-6-16-8-9(12)7-14-16/h2-4,7-8H,5-6,12H2,1H3,(H,13,15). The van der Waals surface area contributed by atoms with Gasteiger partial charge in [0.1, 0.15) is 5.82 Å². The third-order valence-electron chi connectivity index (χ3n) is 2.23. The third kappa shape index (κ3) is 3.10. The average Bonchev–Trinajstić information content (AvgIpc) is 2.75. The number of hydrogen-bond acceptors (Lipinski definition) is 5. The lowest BCUT2D eigenvalue weighted by atomic mass is 10.4. The predicted octanol–water partition coefficient (Wildman–Crippen LogP) is 0.981. The average molecular weight is 233 g/mol. The summed E-state index contributed by atoms with van der Waals surface area (Å²) in [6.45, 7) is 1.46. The Hall–Kier alpha value is -2.24. The van der Waals surface area contributed by atoms with Crippen molar-refractivity contribution in [1.29, 1.82) is 0 Å². The molecule has 0 bridgehead atoms. The van der Waals surface area contributed by atoms with E-state index in [4.69, 9.17) is 10.5 Å². The first-order chi connectivity index (χ1) is 8.28. The number of nitrogens with one attached hydrogen (secondary N) is 1. The molecule has 6 heteroatoms. The second kappa shape index (κ2) is 5.20. The molecule has 0 aliphatic carbocycles. The molecule has 0 saturated heterocycles. The molecular weight excluding hydrogens is 218 g/mol. The van der Waals surface area contributed by atoms with E-state index >= 15 is 0 Å². The van der Waals surface area contributed by atoms with Crippen LogP contribution >= 0.6 is 0 Å². The molecule has 0 fully saturated rings. The molecule has 2 rings (SSSR count). The number of aromatic nitrogens is 3. The molecule has 2 heterocycles. The highest BCUT2D eigenvalue weighted by Gasteiger charge is 1.97. The van der Waals surface area contributed by atoms with Gasteiger partial charge in [0, 0.05) is 18.8 Å². The summed E-state index contributed by atoms with van der Waals surface area (Å²) in [6.07, 6.45) is 3.42. The smallest absolute Gasteiger partial charge is 0.214 e. The van der Waals surface area contributed by atoms with Crippen molar-refractivity contribution < 1.29 is 4.74 Å². The zero-order valence-corrected chi connectivity index (χ0v) is 9.63. The molecule has 0 saturated carbocycles. The highest BCUT2D eigenvalue weighted by Crippen LogP contribution is 2.10. The van der Waals surface area contributed by atoms with E-state index in [2.05, 4.69) is 15.4 Å². The first-order valence-electron chi connectivity index (χ1n) is 5.31. The normalized spacial score (nSPS) is 10.2. The SMILES string of the molecule is COc1cccc(NCCn2cc(N)cn2)n1. The van der Waals surface area contributed by atoms with Crippen molar-refractivity contribution in [2.24, 2.45) is 0 Å². The predicted molar refractivity (Wildman–Crippen MR) is 65.9 cm³/mol. The number of nitrogen functional groups attached to an aromatic ring is 1. The molecule has 0 atom stereocenters. The number of nitrogens with two attached hydrogens (primary N) is 1. The molecule has 0 aliphatic heterocycles. The van der Waals surface area contributed by atoms with Crippen LogP contribution < -0.4 is 15.8 Å². The van der Waals surface area contributed by atoms with Crippen LogP contribution in [0, 0.1) is 0 Å². The molecule has 2 aromatic heterocycles. The van der Waals surface area contributed by atoms with E-state index in [9.17, 15) is 0 Å². The van der Waals surface area contributed by atoms with Gasteiger partial charge in [0.2, 0.25) is 5.88 Å². The molecule has 0 unspecified atom stereocenters. The van der Waals surface area contributed by atoms with Crippen LogP contribution in [0.2, 0.25) is 0 Å². The summed E-state index contributed by atoms with van der Waals surface area (Å²) in [6, 6.07) is 5.58. The van der Waals surface area contributed by atoms with Crippen LogP contribution in [0.4, 0.5) is 11.5 Å². The minimum atomic E-state index is 0.596. The number of nitrogens with zero attached hydrogens (tertiary/aromatic N) is 3. The molecular formula is C11H15N5O. The molecule has 6 nitrogen and oxygen atoms in total. The fraction of sp³-hybridized carbons (Fsp3) is 0.273. The summed E-state index contributed by atoms with van der Waals surface area (Å²) in [4.78, 5) is 4.24.